The van der Waals surface area contributed by atoms with Crippen molar-refractivity contribution in [1.82, 2.24) is 0 Å². The monoisotopic (exact) mass is 291 g/mol. The van der Waals surface area contributed by atoms with Crippen molar-refractivity contribution in [2.75, 3.05) is 5.32 Å². The molecule has 0 bridgehead atoms. The lowest BCUT2D eigenvalue weighted by Gasteiger charge is -2.10. The van der Waals surface area contributed by atoms with Crippen LogP contribution in [0.4, 0.5) is 10.1 Å². The Kier molecular flexibility index (Phi) is 3.00. The Bertz CT molecular complexity index is 730. The number of nitrogens with one attached hydrogen (secondary N) is 1. The number of carbonyl (C=O) groups is 1. The first-order chi connectivity index (χ1) is 9.47. The van der Waals surface area contributed by atoms with E-state index in [4.69, 9.17) is 11.6 Å². The molecule has 5 heteroatoms. The lowest BCUT2D eigenvalue weighted by atomic mass is 10.1. The second-order valence-corrected chi connectivity index (χ2v) is 5.14. The molecule has 0 heterocycles. The van der Waals surface area contributed by atoms with E-state index >= 15 is 0 Å². The molecule has 20 heavy (non-hydrogen) atoms. The van der Waals surface area contributed by atoms with Gasteiger partial charge in [-0.05, 0) is 46.5 Å². The van der Waals surface area contributed by atoms with Gasteiger partial charge in [0.1, 0.15) is 11.9 Å². The Morgan fingerprint density at radius 2 is 1.95 bits per heavy atom. The molecule has 2 N–H and O–H groups in total. The smallest absolute Gasteiger partial charge is 0.221 e. The molecule has 1 aliphatic carbocycles. The number of carbonyl (C=O) groups excluding carboxylic acids is 1. The first kappa shape index (κ1) is 13.1. The summed E-state index contributed by atoms with van der Waals surface area (Å²) in [7, 11) is 0. The molecule has 0 aromatic heterocycles. The van der Waals surface area contributed by atoms with Crippen LogP contribution in [0.5, 0.6) is 0 Å². The first-order valence-corrected chi connectivity index (χ1v) is 6.44. The third-order valence-corrected chi connectivity index (χ3v) is 3.66. The van der Waals surface area contributed by atoms with E-state index in [0.29, 0.717) is 21.8 Å². The number of anilines is 1. The number of amides is 1. The topological polar surface area (TPSA) is 49.3 Å². The SMILES string of the molecule is CC(=O)Nc1cc2c(cc1Cl)-c1ccc(F)cc1[C@H]2O. The van der Waals surface area contributed by atoms with Crippen molar-refractivity contribution >= 4 is 23.2 Å². The Labute approximate surface area is 120 Å². The van der Waals surface area contributed by atoms with Gasteiger partial charge >= 0.3 is 0 Å². The van der Waals surface area contributed by atoms with Crippen molar-refractivity contribution in [2.24, 2.45) is 0 Å². The number of fused-ring (bicyclic) bond motifs is 3. The van der Waals surface area contributed by atoms with Crippen LogP contribution in [0.15, 0.2) is 30.3 Å². The molecule has 0 saturated carbocycles. The third-order valence-electron chi connectivity index (χ3n) is 3.34. The summed E-state index contributed by atoms with van der Waals surface area (Å²) in [4.78, 5) is 11.1. The van der Waals surface area contributed by atoms with Crippen molar-refractivity contribution in [1.29, 1.82) is 0 Å². The molecular formula is C15H11ClFNO2. The fourth-order valence-electron chi connectivity index (χ4n) is 2.51. The quantitative estimate of drug-likeness (QED) is 0.845. The van der Waals surface area contributed by atoms with Crippen LogP contribution >= 0.6 is 11.6 Å². The molecule has 1 amide bonds. The highest BCUT2D eigenvalue weighted by Gasteiger charge is 2.28. The van der Waals surface area contributed by atoms with E-state index in [1.54, 1.807) is 18.2 Å². The number of rotatable bonds is 1. The van der Waals surface area contributed by atoms with Gasteiger partial charge in [0.05, 0.1) is 10.7 Å². The van der Waals surface area contributed by atoms with Gasteiger partial charge in [0.25, 0.3) is 0 Å². The van der Waals surface area contributed by atoms with Crippen molar-refractivity contribution in [3.63, 3.8) is 0 Å². The number of aliphatic hydroxyl groups excluding tert-OH is 1. The van der Waals surface area contributed by atoms with Gasteiger partial charge in [-0.15, -0.1) is 0 Å². The van der Waals surface area contributed by atoms with Crippen molar-refractivity contribution < 1.29 is 14.3 Å². The Morgan fingerprint density at radius 1 is 1.25 bits per heavy atom. The van der Waals surface area contributed by atoms with E-state index < -0.39 is 11.9 Å². The fourth-order valence-corrected chi connectivity index (χ4v) is 2.72. The minimum atomic E-state index is -0.916. The summed E-state index contributed by atoms with van der Waals surface area (Å²) in [6.07, 6.45) is -0.916. The maximum absolute atomic E-state index is 13.3. The van der Waals surface area contributed by atoms with Gasteiger partial charge in [-0.25, -0.2) is 4.39 Å². The molecule has 0 spiro atoms. The predicted molar refractivity (Wildman–Crippen MR) is 75.2 cm³/mol. The summed E-state index contributed by atoms with van der Waals surface area (Å²) in [5, 5.41) is 13.3. The van der Waals surface area contributed by atoms with E-state index in [1.807, 2.05) is 0 Å². The molecule has 0 aliphatic heterocycles. The van der Waals surface area contributed by atoms with E-state index in [-0.39, 0.29) is 5.91 Å². The molecule has 0 saturated heterocycles. The molecule has 102 valence electrons. The molecule has 0 unspecified atom stereocenters. The first-order valence-electron chi connectivity index (χ1n) is 6.06. The second kappa shape index (κ2) is 4.58. The van der Waals surface area contributed by atoms with E-state index in [1.165, 1.54) is 19.1 Å². The van der Waals surface area contributed by atoms with Crippen molar-refractivity contribution in [2.45, 2.75) is 13.0 Å². The molecule has 1 atom stereocenters. The van der Waals surface area contributed by atoms with Crippen LogP contribution in [0.3, 0.4) is 0 Å². The number of aliphatic hydroxyl groups is 1. The predicted octanol–water partition coefficient (Wildman–Crippen LogP) is 3.50. The Balaban J connectivity index is 2.17. The molecule has 3 rings (SSSR count). The van der Waals surface area contributed by atoms with Gasteiger partial charge in [-0.3, -0.25) is 4.79 Å². The third kappa shape index (κ3) is 1.97. The summed E-state index contributed by atoms with van der Waals surface area (Å²) in [5.74, 6) is -0.647. The fraction of sp³-hybridized carbons (Fsp3) is 0.133. The van der Waals surface area contributed by atoms with Gasteiger partial charge in [0, 0.05) is 6.92 Å². The maximum atomic E-state index is 13.3. The van der Waals surface area contributed by atoms with Crippen LogP contribution in [0, 0.1) is 5.82 Å². The van der Waals surface area contributed by atoms with E-state index in [0.717, 1.165) is 11.1 Å². The minimum absolute atomic E-state index is 0.247. The second-order valence-electron chi connectivity index (χ2n) is 4.73. The Hall–Kier alpha value is -1.91. The number of hydrogen-bond acceptors (Lipinski definition) is 2. The molecule has 0 radical (unpaired) electrons. The standard InChI is InChI=1S/C15H11ClFNO2/c1-7(19)18-14-6-12-10(5-13(14)16)9-3-2-8(17)4-11(9)15(12)20/h2-6,15,20H,1H3,(H,18,19)/t15-/m1/s1. The van der Waals surface area contributed by atoms with Crippen LogP contribution < -0.4 is 5.32 Å². The van der Waals surface area contributed by atoms with Gasteiger partial charge in [-0.1, -0.05) is 17.7 Å². The van der Waals surface area contributed by atoms with Crippen molar-refractivity contribution in [3.05, 3.63) is 52.3 Å². The lowest BCUT2D eigenvalue weighted by Crippen LogP contribution is -2.07. The minimum Gasteiger partial charge on any atom is -0.384 e. The molecule has 0 fully saturated rings. The molecule has 2 aromatic carbocycles. The highest BCUT2D eigenvalue weighted by Crippen LogP contribution is 2.46. The van der Waals surface area contributed by atoms with Crippen LogP contribution in [-0.2, 0) is 4.79 Å². The number of halogens is 2. The molecule has 1 aliphatic rings. The van der Waals surface area contributed by atoms with Crippen LogP contribution in [0.1, 0.15) is 24.2 Å². The summed E-state index contributed by atoms with van der Waals surface area (Å²) in [6, 6.07) is 7.58. The van der Waals surface area contributed by atoms with Gasteiger partial charge in [0.15, 0.2) is 0 Å². The van der Waals surface area contributed by atoms with Gasteiger partial charge < -0.3 is 10.4 Å². The van der Waals surface area contributed by atoms with E-state index in [2.05, 4.69) is 5.32 Å². The maximum Gasteiger partial charge on any atom is 0.221 e. The molecular weight excluding hydrogens is 281 g/mol. The van der Waals surface area contributed by atoms with Crippen LogP contribution in [-0.4, -0.2) is 11.0 Å². The molecule has 3 nitrogen and oxygen atoms in total. The largest absolute Gasteiger partial charge is 0.384 e. The van der Waals surface area contributed by atoms with Crippen LogP contribution in [0.25, 0.3) is 11.1 Å². The Morgan fingerprint density at radius 3 is 2.65 bits per heavy atom. The average Bonchev–Trinajstić information content (AvgIpc) is 2.63. The van der Waals surface area contributed by atoms with Gasteiger partial charge in [0.2, 0.25) is 5.91 Å². The molecule has 2 aromatic rings. The summed E-state index contributed by atoms with van der Waals surface area (Å²) >= 11 is 6.13. The van der Waals surface area contributed by atoms with Crippen molar-refractivity contribution in [3.8, 4) is 11.1 Å². The number of benzene rings is 2. The zero-order valence-electron chi connectivity index (χ0n) is 10.6. The zero-order chi connectivity index (χ0) is 14.4. The highest BCUT2D eigenvalue weighted by atomic mass is 35.5. The average molecular weight is 292 g/mol. The lowest BCUT2D eigenvalue weighted by molar-refractivity contribution is -0.114. The highest BCUT2D eigenvalue weighted by molar-refractivity contribution is 6.34. The normalized spacial score (nSPS) is 15.7. The summed E-state index contributed by atoms with van der Waals surface area (Å²) in [5.41, 5.74) is 3.07. The summed E-state index contributed by atoms with van der Waals surface area (Å²) < 4.78 is 13.3. The zero-order valence-corrected chi connectivity index (χ0v) is 11.3. The van der Waals surface area contributed by atoms with Gasteiger partial charge in [-0.2, -0.15) is 0 Å². The van der Waals surface area contributed by atoms with Crippen LogP contribution in [0.2, 0.25) is 5.02 Å². The van der Waals surface area contributed by atoms with E-state index in [9.17, 15) is 14.3 Å². The summed E-state index contributed by atoms with van der Waals surface area (Å²) in [6.45, 7) is 1.38. The number of hydrogen-bond donors (Lipinski definition) is 2.